The predicted octanol–water partition coefficient (Wildman–Crippen LogP) is -3.93. The van der Waals surface area contributed by atoms with Gasteiger partial charge in [0.05, 0.1) is 32.0 Å². The summed E-state index contributed by atoms with van der Waals surface area (Å²) < 4.78 is 0. The van der Waals surface area contributed by atoms with Gasteiger partial charge in [0.1, 0.15) is 48.3 Å². The Morgan fingerprint density at radius 3 is 1.17 bits per heavy atom. The van der Waals surface area contributed by atoms with E-state index < -0.39 is 163 Å². The van der Waals surface area contributed by atoms with Crippen LogP contribution in [-0.4, -0.2) is 199 Å². The number of benzene rings is 4. The van der Waals surface area contributed by atoms with E-state index >= 15 is 0 Å². The molecule has 550 valence electrons. The monoisotopic (exact) mass is 1420 g/mol. The number of carboxylic acids is 2. The van der Waals surface area contributed by atoms with Gasteiger partial charge in [-0.05, 0) is 103 Å². The van der Waals surface area contributed by atoms with Gasteiger partial charge in [0.2, 0.25) is 70.9 Å². The van der Waals surface area contributed by atoms with Gasteiger partial charge in [-0.2, -0.15) is 0 Å². The number of carbonyl (C=O) groups excluding carboxylic acids is 12. The molecule has 0 unspecified atom stereocenters. The van der Waals surface area contributed by atoms with E-state index in [2.05, 4.69) is 74.4 Å². The van der Waals surface area contributed by atoms with Crippen molar-refractivity contribution < 1.29 is 77.3 Å². The highest BCUT2D eigenvalue weighted by molar-refractivity contribution is 6.00. The molecule has 4 aromatic rings. The van der Waals surface area contributed by atoms with E-state index in [1.54, 1.807) is 30.3 Å². The molecule has 35 nitrogen and oxygen atoms in total. The second-order valence-electron chi connectivity index (χ2n) is 24.8. The number of guanidine groups is 2. The lowest BCUT2D eigenvalue weighted by Crippen LogP contribution is -2.58. The number of fused-ring (bicyclic) bond motifs is 2. The van der Waals surface area contributed by atoms with Crippen molar-refractivity contribution in [3.8, 4) is 0 Å². The molecule has 0 bridgehead atoms. The Bertz CT molecular complexity index is 3730. The first-order valence-electron chi connectivity index (χ1n) is 33.5. The summed E-state index contributed by atoms with van der Waals surface area (Å²) in [5, 5.41) is 73.6. The van der Waals surface area contributed by atoms with Gasteiger partial charge < -0.3 is 102 Å². The minimum Gasteiger partial charge on any atom is -0.481 e. The molecule has 0 spiro atoms. The third kappa shape index (κ3) is 27.3. The fourth-order valence-electron chi connectivity index (χ4n) is 11.3. The molecular weight excluding hydrogens is 1330 g/mol. The van der Waals surface area contributed by atoms with E-state index in [0.717, 1.165) is 21.5 Å². The first kappa shape index (κ1) is 79.5. The zero-order valence-electron chi connectivity index (χ0n) is 56.2. The summed E-state index contributed by atoms with van der Waals surface area (Å²) in [6.07, 6.45) is -1.49. The van der Waals surface area contributed by atoms with Crippen molar-refractivity contribution in [1.82, 2.24) is 74.4 Å². The first-order valence-corrected chi connectivity index (χ1v) is 33.5. The number of hydrogen-bond donors (Lipinski definition) is 21. The number of unbranched alkanes of at least 4 members (excludes halogenated alkanes) is 2. The highest BCUT2D eigenvalue weighted by Gasteiger charge is 2.36. The van der Waals surface area contributed by atoms with Crippen LogP contribution in [0.25, 0.3) is 21.5 Å². The molecule has 6 rings (SSSR count). The first-order chi connectivity index (χ1) is 48.7. The van der Waals surface area contributed by atoms with Gasteiger partial charge in [0.25, 0.3) is 0 Å². The van der Waals surface area contributed by atoms with Crippen molar-refractivity contribution in [2.45, 2.75) is 157 Å². The van der Waals surface area contributed by atoms with Crippen molar-refractivity contribution in [3.63, 3.8) is 0 Å². The highest BCUT2D eigenvalue weighted by Crippen LogP contribution is 2.20. The van der Waals surface area contributed by atoms with Crippen molar-refractivity contribution in [2.24, 2.45) is 17.2 Å². The van der Waals surface area contributed by atoms with Crippen molar-refractivity contribution in [2.75, 3.05) is 39.3 Å². The smallest absolute Gasteiger partial charge is 0.305 e. The molecule has 2 aliphatic rings. The van der Waals surface area contributed by atoms with Gasteiger partial charge in [-0.25, -0.2) is 0 Å². The molecule has 0 aliphatic carbocycles. The minimum atomic E-state index is -1.70. The lowest BCUT2D eigenvalue weighted by Gasteiger charge is -2.26. The Labute approximate surface area is 586 Å². The minimum absolute atomic E-state index is 0.0131. The maximum atomic E-state index is 14.4. The standard InChI is InChI=1S/C67H91N19O16/c68-43(57(94)74-26-8-6-16-47-61(98)82-45(18-10-28-76-67(71)72)59(96)78-36-54(89)80-51(34-56(92)93)65(102)86-49(63(100)84-47)32-38-20-22-40-12-2-4-14-42(40)30-38)23-24-52(87)73-25-7-5-15-46-60(97)81-44(17-9-27-75-66(69)70)58(95)77-35-53(88)79-50(33-55(90)91)64(101)85-48(62(99)83-46)31-37-19-21-39-11-1-3-13-41(39)29-37/h1-4,11-14,19-22,29-30,43-51H,5-10,15-18,23-28,31-36,68H2,(H,73,87)(H,74,94)(H,77,95)(H,78,96)(H,79,88)(H,80,89)(H,81,97)(H,82,98)(H,83,99)(H,84,100)(H,85,101)(H,86,102)(H,90,91)(H,92,93)(H4,69,70,75)(H4,71,72,76)/t43-,44-,45-,46-,47-,48+,49+,50-,51-/m0/s1. The summed E-state index contributed by atoms with van der Waals surface area (Å²) in [5.74, 6) is -13.7. The van der Waals surface area contributed by atoms with E-state index in [9.17, 15) is 77.3 Å². The third-order valence-electron chi connectivity index (χ3n) is 16.7. The van der Waals surface area contributed by atoms with Crippen LogP contribution in [0, 0.1) is 10.8 Å². The molecular formula is C67H91N19O16. The van der Waals surface area contributed by atoms with Crippen molar-refractivity contribution in [1.29, 1.82) is 10.8 Å². The molecule has 12 amide bonds. The van der Waals surface area contributed by atoms with E-state index in [1.165, 1.54) is 0 Å². The Balaban J connectivity index is 1.07. The van der Waals surface area contributed by atoms with Gasteiger partial charge in [-0.1, -0.05) is 84.9 Å². The lowest BCUT2D eigenvalue weighted by atomic mass is 10.00. The van der Waals surface area contributed by atoms with E-state index in [-0.39, 0.29) is 128 Å². The van der Waals surface area contributed by atoms with Crippen LogP contribution in [-0.2, 0) is 80.0 Å². The summed E-state index contributed by atoms with van der Waals surface area (Å²) in [4.78, 5) is 189. The molecule has 9 atom stereocenters. The highest BCUT2D eigenvalue weighted by atomic mass is 16.4. The average molecular weight is 1420 g/mol. The van der Waals surface area contributed by atoms with Crippen LogP contribution in [0.15, 0.2) is 84.9 Å². The number of carboxylic acid groups (broad SMARTS) is 2. The number of carbonyl (C=O) groups is 14. The summed E-state index contributed by atoms with van der Waals surface area (Å²) in [7, 11) is 0. The summed E-state index contributed by atoms with van der Waals surface area (Å²) >= 11 is 0. The Morgan fingerprint density at radius 1 is 0.422 bits per heavy atom. The summed E-state index contributed by atoms with van der Waals surface area (Å²) in [5.41, 5.74) is 18.2. The Kier molecular flexibility index (Phi) is 31.6. The van der Waals surface area contributed by atoms with Crippen molar-refractivity contribution >= 4 is 116 Å². The SMILES string of the molecule is N=C(N)NCCC[C@@H]1NC(=O)[C@H](CCCCNC(=O)CC[C@H](N)C(=O)NCCCC[C@@H]2NC(=O)[C@@H](Cc3ccc4ccccc4c3)NC(=O)[C@H](CC(=O)O)NC(=O)CNC(=O)[C@H](CCCNC(=N)N)NC2=O)NC(=O)[C@@H](Cc2ccc3ccccc3c2)NC(=O)[C@H](CC(=O)O)NC(=O)CNC1=O. The molecule has 2 aliphatic heterocycles. The van der Waals surface area contributed by atoms with Gasteiger partial charge >= 0.3 is 11.9 Å². The van der Waals surface area contributed by atoms with Gasteiger partial charge in [-0.3, -0.25) is 77.9 Å². The van der Waals surface area contributed by atoms with Crippen LogP contribution < -0.4 is 91.6 Å². The molecule has 0 saturated carbocycles. The molecule has 35 heteroatoms. The summed E-state index contributed by atoms with van der Waals surface area (Å²) in [6, 6.07) is 12.6. The quantitative estimate of drug-likeness (QED) is 0.0135. The third-order valence-corrected chi connectivity index (χ3v) is 16.7. The fourth-order valence-corrected chi connectivity index (χ4v) is 11.3. The van der Waals surface area contributed by atoms with E-state index in [0.29, 0.717) is 11.1 Å². The van der Waals surface area contributed by atoms with Gasteiger partial charge in [0.15, 0.2) is 11.9 Å². The number of nitrogens with one attached hydrogen (secondary N) is 16. The number of amides is 12. The van der Waals surface area contributed by atoms with Gasteiger partial charge in [-0.15, -0.1) is 0 Å². The maximum Gasteiger partial charge on any atom is 0.305 e. The van der Waals surface area contributed by atoms with Crippen LogP contribution in [0.4, 0.5) is 0 Å². The molecule has 0 aromatic heterocycles. The van der Waals surface area contributed by atoms with Gasteiger partial charge in [0, 0.05) is 45.4 Å². The van der Waals surface area contributed by atoms with E-state index in [1.807, 2.05) is 54.6 Å². The second-order valence-corrected chi connectivity index (χ2v) is 24.8. The van der Waals surface area contributed by atoms with Crippen LogP contribution in [0.3, 0.4) is 0 Å². The second kappa shape index (κ2) is 40.5. The number of hydrogen-bond acceptors (Lipinski definition) is 17. The number of rotatable bonds is 30. The fraction of sp³-hybridized carbons (Fsp3) is 0.463. The Hall–Kier alpha value is -11.5. The van der Waals surface area contributed by atoms with Crippen LogP contribution in [0.1, 0.15) is 101 Å². The topological polar surface area (TPSA) is 574 Å². The summed E-state index contributed by atoms with van der Waals surface area (Å²) in [6.45, 7) is -1.15. The largest absolute Gasteiger partial charge is 0.481 e. The van der Waals surface area contributed by atoms with Crippen LogP contribution in [0.2, 0.25) is 0 Å². The number of aliphatic carboxylic acids is 2. The lowest BCUT2D eigenvalue weighted by molar-refractivity contribution is -0.141. The average Bonchev–Trinajstić information content (AvgIpc) is 1.05. The molecule has 2 fully saturated rings. The number of nitrogens with two attached hydrogens (primary N) is 3. The molecule has 2 saturated heterocycles. The predicted molar refractivity (Wildman–Crippen MR) is 371 cm³/mol. The molecule has 2 heterocycles. The van der Waals surface area contributed by atoms with Crippen LogP contribution >= 0.6 is 0 Å². The molecule has 102 heavy (non-hydrogen) atoms. The zero-order chi connectivity index (χ0) is 74.3. The van der Waals surface area contributed by atoms with Crippen LogP contribution in [0.5, 0.6) is 0 Å². The molecule has 24 N–H and O–H groups in total. The van der Waals surface area contributed by atoms with E-state index in [4.69, 9.17) is 28.0 Å². The van der Waals surface area contributed by atoms with Crippen molar-refractivity contribution in [3.05, 3.63) is 96.1 Å². The normalized spacial score (nSPS) is 20.9. The Morgan fingerprint density at radius 2 is 0.765 bits per heavy atom. The zero-order valence-corrected chi connectivity index (χ0v) is 56.2. The molecule has 0 radical (unpaired) electrons. The maximum absolute atomic E-state index is 14.4. The molecule has 4 aromatic carbocycles.